The smallest absolute Gasteiger partial charge is 0.191 e. The van der Waals surface area contributed by atoms with E-state index in [2.05, 4.69) is 41.4 Å². The van der Waals surface area contributed by atoms with Crippen LogP contribution in [0.25, 0.3) is 0 Å². The van der Waals surface area contributed by atoms with Crippen molar-refractivity contribution >= 4 is 41.3 Å². The van der Waals surface area contributed by atoms with Gasteiger partial charge in [-0.1, -0.05) is 18.2 Å². The summed E-state index contributed by atoms with van der Waals surface area (Å²) in [5.74, 6) is 1.81. The summed E-state index contributed by atoms with van der Waals surface area (Å²) in [6.07, 6.45) is 2.93. The first-order valence-corrected chi connectivity index (χ1v) is 10.1. The molecule has 0 spiro atoms. The number of thiazole rings is 1. The molecule has 2 N–H and O–H groups in total. The van der Waals surface area contributed by atoms with E-state index in [0.717, 1.165) is 62.9 Å². The van der Waals surface area contributed by atoms with Crippen molar-refractivity contribution in [1.82, 2.24) is 15.6 Å². The molecular weight excluding hydrogens is 471 g/mol. The van der Waals surface area contributed by atoms with E-state index in [-0.39, 0.29) is 24.0 Å². The fraction of sp³-hybridized carbons (Fsp3) is 0.500. The molecule has 27 heavy (non-hydrogen) atoms. The van der Waals surface area contributed by atoms with Gasteiger partial charge >= 0.3 is 0 Å². The van der Waals surface area contributed by atoms with Gasteiger partial charge < -0.3 is 15.4 Å². The molecule has 0 aliphatic carbocycles. The predicted molar refractivity (Wildman–Crippen MR) is 126 cm³/mol. The lowest BCUT2D eigenvalue weighted by molar-refractivity contribution is 0.308. The molecule has 150 valence electrons. The number of halogens is 1. The first-order chi connectivity index (χ1) is 12.7. The van der Waals surface area contributed by atoms with Crippen molar-refractivity contribution in [1.29, 1.82) is 0 Å². The van der Waals surface area contributed by atoms with Crippen LogP contribution in [0.1, 0.15) is 35.3 Å². The number of aromatic nitrogens is 1. The number of unbranched alkanes of at least 4 members (excludes halogenated alkanes) is 1. The van der Waals surface area contributed by atoms with Gasteiger partial charge in [0.25, 0.3) is 0 Å². The Morgan fingerprint density at radius 1 is 1.15 bits per heavy atom. The van der Waals surface area contributed by atoms with E-state index in [1.165, 1.54) is 9.88 Å². The minimum absolute atomic E-state index is 0. The van der Waals surface area contributed by atoms with Crippen LogP contribution in [0.15, 0.2) is 35.3 Å². The van der Waals surface area contributed by atoms with Gasteiger partial charge in [0.2, 0.25) is 0 Å². The molecular formula is C20H31IN4OS. The molecule has 0 fully saturated rings. The van der Waals surface area contributed by atoms with Gasteiger partial charge in [-0.2, -0.15) is 0 Å². The van der Waals surface area contributed by atoms with Crippen LogP contribution in [-0.2, 0) is 6.42 Å². The zero-order valence-corrected chi connectivity index (χ0v) is 19.6. The topological polar surface area (TPSA) is 58.5 Å². The third-order valence-corrected chi connectivity index (χ3v) is 5.02. The van der Waals surface area contributed by atoms with E-state index >= 15 is 0 Å². The van der Waals surface area contributed by atoms with Crippen molar-refractivity contribution in [2.75, 3.05) is 26.2 Å². The molecule has 7 heteroatoms. The third kappa shape index (κ3) is 9.41. The maximum Gasteiger partial charge on any atom is 0.191 e. The number of nitrogens with one attached hydrogen (secondary N) is 2. The summed E-state index contributed by atoms with van der Waals surface area (Å²) in [4.78, 5) is 10.5. The number of aryl methyl sites for hydroxylation is 2. The van der Waals surface area contributed by atoms with Gasteiger partial charge in [-0.3, -0.25) is 4.99 Å². The van der Waals surface area contributed by atoms with Crippen LogP contribution in [0.3, 0.4) is 0 Å². The Balaban J connectivity index is 0.00000364. The first kappa shape index (κ1) is 23.7. The molecule has 0 saturated carbocycles. The van der Waals surface area contributed by atoms with Crippen molar-refractivity contribution in [2.24, 2.45) is 4.99 Å². The summed E-state index contributed by atoms with van der Waals surface area (Å²) in [6.45, 7) is 9.49. The largest absolute Gasteiger partial charge is 0.494 e. The van der Waals surface area contributed by atoms with Gasteiger partial charge in [0, 0.05) is 30.9 Å². The Labute approximate surface area is 184 Å². The summed E-state index contributed by atoms with van der Waals surface area (Å²) in [5.41, 5.74) is 1.14. The van der Waals surface area contributed by atoms with Crippen molar-refractivity contribution in [3.8, 4) is 5.75 Å². The van der Waals surface area contributed by atoms with E-state index in [1.54, 1.807) is 11.3 Å². The predicted octanol–water partition coefficient (Wildman–Crippen LogP) is 4.33. The number of ether oxygens (including phenoxy) is 1. The van der Waals surface area contributed by atoms with Crippen LogP contribution >= 0.6 is 35.3 Å². The summed E-state index contributed by atoms with van der Waals surface area (Å²) in [7, 11) is 0. The van der Waals surface area contributed by atoms with Gasteiger partial charge in [0.1, 0.15) is 5.75 Å². The van der Waals surface area contributed by atoms with Crippen LogP contribution in [0.4, 0.5) is 0 Å². The molecule has 0 saturated heterocycles. The van der Waals surface area contributed by atoms with Gasteiger partial charge in [0.05, 0.1) is 17.3 Å². The summed E-state index contributed by atoms with van der Waals surface area (Å²) >= 11 is 1.78. The maximum atomic E-state index is 5.70. The van der Waals surface area contributed by atoms with E-state index < -0.39 is 0 Å². The Morgan fingerprint density at radius 2 is 1.93 bits per heavy atom. The van der Waals surface area contributed by atoms with E-state index in [0.29, 0.717) is 0 Å². The lowest BCUT2D eigenvalue weighted by atomic mass is 10.3. The minimum atomic E-state index is 0. The average molecular weight is 502 g/mol. The minimum Gasteiger partial charge on any atom is -0.494 e. The van der Waals surface area contributed by atoms with Crippen LogP contribution < -0.4 is 15.4 Å². The molecule has 0 atom stereocenters. The second-order valence-corrected chi connectivity index (χ2v) is 7.34. The zero-order chi connectivity index (χ0) is 18.6. The number of hydrogen-bond acceptors (Lipinski definition) is 4. The molecule has 5 nitrogen and oxygen atoms in total. The number of nitrogens with zero attached hydrogens (tertiary/aromatic N) is 2. The van der Waals surface area contributed by atoms with Gasteiger partial charge in [-0.05, 0) is 45.7 Å². The molecule has 2 rings (SSSR count). The molecule has 0 aliphatic rings. The highest BCUT2D eigenvalue weighted by molar-refractivity contribution is 14.0. The highest BCUT2D eigenvalue weighted by atomic mass is 127. The van der Waals surface area contributed by atoms with E-state index in [9.17, 15) is 0 Å². The van der Waals surface area contributed by atoms with Gasteiger partial charge in [0.15, 0.2) is 5.96 Å². The normalized spacial score (nSPS) is 11.0. The molecule has 1 aromatic heterocycles. The number of hydrogen-bond donors (Lipinski definition) is 2. The standard InChI is InChI=1S/C20H30N4OS.HI/c1-4-21-20(23-14-12-19-24-16(2)17(3)26-19)22-13-8-9-15-25-18-10-6-5-7-11-18;/h5-7,10-11H,4,8-9,12-15H2,1-3H3,(H2,21,22,23);1H. The molecule has 2 aromatic rings. The Bertz CT molecular complexity index is 656. The third-order valence-electron chi connectivity index (χ3n) is 3.88. The molecule has 0 unspecified atom stereocenters. The molecule has 0 aliphatic heterocycles. The fourth-order valence-corrected chi connectivity index (χ4v) is 3.32. The van der Waals surface area contributed by atoms with Crippen LogP contribution in [0.2, 0.25) is 0 Å². The number of para-hydroxylation sites is 1. The molecule has 0 radical (unpaired) electrons. The second-order valence-electron chi connectivity index (χ2n) is 6.06. The monoisotopic (exact) mass is 502 g/mol. The van der Waals surface area contributed by atoms with Crippen molar-refractivity contribution in [3.05, 3.63) is 45.9 Å². The number of guanidine groups is 1. The lowest BCUT2D eigenvalue weighted by Gasteiger charge is -2.10. The van der Waals surface area contributed by atoms with Crippen molar-refractivity contribution < 1.29 is 4.74 Å². The van der Waals surface area contributed by atoms with E-state index in [4.69, 9.17) is 4.74 Å². The van der Waals surface area contributed by atoms with Crippen LogP contribution in [0.5, 0.6) is 5.75 Å². The average Bonchev–Trinajstić information content (AvgIpc) is 2.96. The van der Waals surface area contributed by atoms with Crippen LogP contribution in [-0.4, -0.2) is 37.2 Å². The SMILES string of the molecule is CCNC(=NCCCCOc1ccccc1)NCCc1nc(C)c(C)s1.I. The molecule has 1 aromatic carbocycles. The van der Waals surface area contributed by atoms with Crippen LogP contribution in [0, 0.1) is 13.8 Å². The summed E-state index contributed by atoms with van der Waals surface area (Å²) in [5, 5.41) is 7.86. The lowest BCUT2D eigenvalue weighted by Crippen LogP contribution is -2.38. The number of aliphatic imine (C=N–C) groups is 1. The first-order valence-electron chi connectivity index (χ1n) is 9.32. The highest BCUT2D eigenvalue weighted by Gasteiger charge is 2.04. The maximum absolute atomic E-state index is 5.70. The van der Waals surface area contributed by atoms with Gasteiger partial charge in [-0.25, -0.2) is 4.98 Å². The Kier molecular flexibility index (Phi) is 12.1. The van der Waals surface area contributed by atoms with E-state index in [1.807, 2.05) is 30.3 Å². The molecule has 0 bridgehead atoms. The number of rotatable bonds is 10. The Morgan fingerprint density at radius 3 is 2.59 bits per heavy atom. The summed E-state index contributed by atoms with van der Waals surface area (Å²) in [6, 6.07) is 9.94. The van der Waals surface area contributed by atoms with Gasteiger partial charge in [-0.15, -0.1) is 35.3 Å². The quantitative estimate of drug-likeness (QED) is 0.220. The second kappa shape index (κ2) is 13.8. The fourth-order valence-electron chi connectivity index (χ4n) is 2.39. The molecule has 0 amide bonds. The number of benzene rings is 1. The molecule has 1 heterocycles. The highest BCUT2D eigenvalue weighted by Crippen LogP contribution is 2.16. The summed E-state index contributed by atoms with van der Waals surface area (Å²) < 4.78 is 5.70. The van der Waals surface area contributed by atoms with Crippen molar-refractivity contribution in [3.63, 3.8) is 0 Å². The van der Waals surface area contributed by atoms with Crippen molar-refractivity contribution in [2.45, 2.75) is 40.0 Å². The zero-order valence-electron chi connectivity index (χ0n) is 16.5. The Hall–Kier alpha value is -1.35.